The van der Waals surface area contributed by atoms with Crippen molar-refractivity contribution in [3.63, 3.8) is 0 Å². The topological polar surface area (TPSA) is 67.7 Å². The minimum Gasteiger partial charge on any atom is -0.369 e. The molecule has 1 aliphatic heterocycles. The Bertz CT molecular complexity index is 331. The van der Waals surface area contributed by atoms with Crippen molar-refractivity contribution in [3.8, 4) is 0 Å². The van der Waals surface area contributed by atoms with Gasteiger partial charge in [0.1, 0.15) is 0 Å². The van der Waals surface area contributed by atoms with Gasteiger partial charge in [0.25, 0.3) is 0 Å². The van der Waals surface area contributed by atoms with Gasteiger partial charge in [0.15, 0.2) is 0 Å². The molecule has 0 aliphatic carbocycles. The van der Waals surface area contributed by atoms with E-state index in [1.807, 2.05) is 0 Å². The van der Waals surface area contributed by atoms with Crippen molar-refractivity contribution in [2.24, 2.45) is 5.73 Å². The van der Waals surface area contributed by atoms with Crippen LogP contribution >= 0.6 is 0 Å². The molecule has 0 unspecified atom stereocenters. The van der Waals surface area contributed by atoms with E-state index in [-0.39, 0.29) is 12.6 Å². The van der Waals surface area contributed by atoms with Crippen molar-refractivity contribution in [1.29, 1.82) is 0 Å². The molecule has 1 heterocycles. The van der Waals surface area contributed by atoms with Crippen molar-refractivity contribution in [1.82, 2.24) is 5.32 Å². The Morgan fingerprint density at radius 3 is 2.61 bits per heavy atom. The second-order valence-electron chi connectivity index (χ2n) is 6.53. The number of hydrogen-bond acceptors (Lipinski definition) is 3. The number of carbonyl (C=O) groups excluding carboxylic acids is 1. The molecule has 1 aliphatic rings. The lowest BCUT2D eigenvalue weighted by molar-refractivity contribution is -0.121. The second-order valence-corrected chi connectivity index (χ2v) is 6.53. The third-order valence-electron chi connectivity index (χ3n) is 4.39. The number of rotatable bonds is 15. The molecule has 0 aromatic heterocycles. The average molecular weight is 325 g/mol. The zero-order valence-electron chi connectivity index (χ0n) is 14.9. The average Bonchev–Trinajstić information content (AvgIpc) is 3.28. The number of ether oxygens (including phenoxy) is 1. The third kappa shape index (κ3) is 11.3. The Hall–Kier alpha value is -0.870. The molecular weight excluding hydrogens is 288 g/mol. The van der Waals surface area contributed by atoms with Crippen LogP contribution in [0.3, 0.4) is 0 Å². The minimum atomic E-state index is 0.0747. The van der Waals surface area contributed by atoms with Gasteiger partial charge in [0.05, 0.1) is 18.9 Å². The van der Waals surface area contributed by atoms with Crippen molar-refractivity contribution >= 4 is 5.91 Å². The zero-order chi connectivity index (χ0) is 16.8. The summed E-state index contributed by atoms with van der Waals surface area (Å²) in [5.74, 6) is 0.0747. The SMILES string of the molecule is CCCCC[C@H]1O[C@H]1CC=CCCCCCCCC(=O)NCN. The van der Waals surface area contributed by atoms with Gasteiger partial charge in [0.2, 0.25) is 5.91 Å². The first-order valence-electron chi connectivity index (χ1n) is 9.55. The Labute approximate surface area is 142 Å². The highest BCUT2D eigenvalue weighted by atomic mass is 16.6. The summed E-state index contributed by atoms with van der Waals surface area (Å²) in [6, 6.07) is 0. The number of hydrogen-bond donors (Lipinski definition) is 2. The summed E-state index contributed by atoms with van der Waals surface area (Å²) < 4.78 is 5.68. The number of nitrogens with one attached hydrogen (secondary N) is 1. The fraction of sp³-hybridized carbons (Fsp3) is 0.842. The summed E-state index contributed by atoms with van der Waals surface area (Å²) in [4.78, 5) is 11.2. The van der Waals surface area contributed by atoms with E-state index in [0.29, 0.717) is 18.6 Å². The first kappa shape index (κ1) is 20.2. The van der Waals surface area contributed by atoms with Gasteiger partial charge in [0, 0.05) is 6.42 Å². The standard InChI is InChI=1S/C19H36N2O2/c1-2-3-10-13-17-18(23-17)14-11-8-6-4-5-7-9-12-15-19(22)21-16-20/h8,11,17-18H,2-7,9-10,12-16,20H2,1H3,(H,21,22)/t17-,18+/m1/s1. The van der Waals surface area contributed by atoms with Crippen LogP contribution in [0, 0.1) is 0 Å². The largest absolute Gasteiger partial charge is 0.369 e. The summed E-state index contributed by atoms with van der Waals surface area (Å²) >= 11 is 0. The molecule has 1 rings (SSSR count). The molecular formula is C19H36N2O2. The van der Waals surface area contributed by atoms with Gasteiger partial charge in [-0.2, -0.15) is 0 Å². The van der Waals surface area contributed by atoms with Crippen LogP contribution in [0.2, 0.25) is 0 Å². The van der Waals surface area contributed by atoms with Crippen LogP contribution in [-0.2, 0) is 9.53 Å². The normalized spacial score (nSPS) is 20.1. The van der Waals surface area contributed by atoms with Gasteiger partial charge in [-0.15, -0.1) is 0 Å². The molecule has 1 fully saturated rings. The number of amides is 1. The molecule has 0 spiro atoms. The molecule has 4 nitrogen and oxygen atoms in total. The van der Waals surface area contributed by atoms with Crippen molar-refractivity contribution < 1.29 is 9.53 Å². The minimum absolute atomic E-state index is 0.0747. The summed E-state index contributed by atoms with van der Waals surface area (Å²) in [6.07, 6.45) is 19.5. The Morgan fingerprint density at radius 1 is 1.04 bits per heavy atom. The van der Waals surface area contributed by atoms with Gasteiger partial charge in [-0.3, -0.25) is 4.79 Å². The maximum Gasteiger partial charge on any atom is 0.220 e. The molecule has 0 aromatic carbocycles. The highest BCUT2D eigenvalue weighted by Crippen LogP contribution is 2.30. The van der Waals surface area contributed by atoms with Crippen LogP contribution < -0.4 is 11.1 Å². The van der Waals surface area contributed by atoms with Crippen molar-refractivity contribution in [2.45, 2.75) is 96.2 Å². The van der Waals surface area contributed by atoms with E-state index >= 15 is 0 Å². The quantitative estimate of drug-likeness (QED) is 0.207. The summed E-state index contributed by atoms with van der Waals surface area (Å²) in [5.41, 5.74) is 5.25. The zero-order valence-corrected chi connectivity index (χ0v) is 14.9. The lowest BCUT2D eigenvalue weighted by Gasteiger charge is -2.02. The van der Waals surface area contributed by atoms with Gasteiger partial charge in [-0.25, -0.2) is 0 Å². The Morgan fingerprint density at radius 2 is 1.83 bits per heavy atom. The van der Waals surface area contributed by atoms with E-state index in [4.69, 9.17) is 10.5 Å². The van der Waals surface area contributed by atoms with Gasteiger partial charge in [-0.1, -0.05) is 57.6 Å². The van der Waals surface area contributed by atoms with Crippen LogP contribution in [0.1, 0.15) is 84.0 Å². The summed E-state index contributed by atoms with van der Waals surface area (Å²) in [5, 5.41) is 2.62. The lowest BCUT2D eigenvalue weighted by atomic mass is 10.1. The van der Waals surface area contributed by atoms with Crippen molar-refractivity contribution in [2.75, 3.05) is 6.67 Å². The molecule has 134 valence electrons. The predicted molar refractivity (Wildman–Crippen MR) is 96.1 cm³/mol. The summed E-state index contributed by atoms with van der Waals surface area (Å²) in [7, 11) is 0. The van der Waals surface area contributed by atoms with Crippen LogP contribution in [0.25, 0.3) is 0 Å². The van der Waals surface area contributed by atoms with E-state index in [1.165, 1.54) is 51.4 Å². The van der Waals surface area contributed by atoms with Crippen LogP contribution in [-0.4, -0.2) is 24.8 Å². The van der Waals surface area contributed by atoms with Gasteiger partial charge in [-0.05, 0) is 32.1 Å². The third-order valence-corrected chi connectivity index (χ3v) is 4.39. The van der Waals surface area contributed by atoms with Crippen LogP contribution in [0.5, 0.6) is 0 Å². The Balaban J connectivity index is 1.80. The highest BCUT2D eigenvalue weighted by Gasteiger charge is 2.36. The lowest BCUT2D eigenvalue weighted by Crippen LogP contribution is -2.28. The molecule has 4 heteroatoms. The second kappa shape index (κ2) is 13.6. The molecule has 1 saturated heterocycles. The molecule has 1 amide bonds. The van der Waals surface area contributed by atoms with Crippen LogP contribution in [0.15, 0.2) is 12.2 Å². The van der Waals surface area contributed by atoms with E-state index in [9.17, 15) is 4.79 Å². The fourth-order valence-corrected chi connectivity index (χ4v) is 2.86. The van der Waals surface area contributed by atoms with E-state index in [1.54, 1.807) is 0 Å². The van der Waals surface area contributed by atoms with Crippen LogP contribution in [0.4, 0.5) is 0 Å². The number of allylic oxidation sites excluding steroid dienone is 1. The van der Waals surface area contributed by atoms with Gasteiger partial charge < -0.3 is 15.8 Å². The molecule has 0 radical (unpaired) electrons. The van der Waals surface area contributed by atoms with E-state index in [0.717, 1.165) is 19.3 Å². The number of unbranched alkanes of at least 4 members (excludes halogenated alkanes) is 7. The number of carbonyl (C=O) groups is 1. The molecule has 0 aromatic rings. The predicted octanol–water partition coefficient (Wildman–Crippen LogP) is 4.04. The smallest absolute Gasteiger partial charge is 0.220 e. The first-order chi connectivity index (χ1) is 11.3. The molecule has 3 N–H and O–H groups in total. The Kier molecular flexibility index (Phi) is 11.9. The fourth-order valence-electron chi connectivity index (χ4n) is 2.86. The highest BCUT2D eigenvalue weighted by molar-refractivity contribution is 5.75. The maximum atomic E-state index is 11.2. The molecule has 0 bridgehead atoms. The van der Waals surface area contributed by atoms with Gasteiger partial charge >= 0.3 is 0 Å². The summed E-state index contributed by atoms with van der Waals surface area (Å²) in [6.45, 7) is 2.49. The molecule has 2 atom stereocenters. The number of epoxide rings is 1. The maximum absolute atomic E-state index is 11.2. The van der Waals surface area contributed by atoms with E-state index < -0.39 is 0 Å². The van der Waals surface area contributed by atoms with Crippen molar-refractivity contribution in [3.05, 3.63) is 12.2 Å². The van der Waals surface area contributed by atoms with E-state index in [2.05, 4.69) is 24.4 Å². The number of nitrogens with two attached hydrogens (primary N) is 1. The molecule has 23 heavy (non-hydrogen) atoms. The monoisotopic (exact) mass is 324 g/mol. The first-order valence-corrected chi connectivity index (χ1v) is 9.55. The molecule has 0 saturated carbocycles.